The zero-order valence-corrected chi connectivity index (χ0v) is 8.18. The van der Waals surface area contributed by atoms with Crippen molar-refractivity contribution in [3.63, 3.8) is 0 Å². The number of esters is 1. The summed E-state index contributed by atoms with van der Waals surface area (Å²) in [7, 11) is 1.33. The van der Waals surface area contributed by atoms with Crippen LogP contribution in [0.1, 0.15) is 21.7 Å². The predicted octanol–water partition coefficient (Wildman–Crippen LogP) is 0.588. The van der Waals surface area contributed by atoms with Gasteiger partial charge >= 0.3 is 5.97 Å². The van der Waals surface area contributed by atoms with E-state index in [1.807, 2.05) is 0 Å². The van der Waals surface area contributed by atoms with Crippen molar-refractivity contribution >= 4 is 11.8 Å². The van der Waals surface area contributed by atoms with Gasteiger partial charge in [-0.15, -0.1) is 0 Å². The van der Waals surface area contributed by atoms with Crippen LogP contribution >= 0.6 is 0 Å². The number of aryl methyl sites for hydroxylation is 1. The van der Waals surface area contributed by atoms with Gasteiger partial charge in [-0.1, -0.05) is 0 Å². The lowest BCUT2D eigenvalue weighted by molar-refractivity contribution is 0.0594. The third-order valence-corrected chi connectivity index (χ3v) is 1.84. The molecule has 0 fully saturated rings. The Balaban J connectivity index is 2.93. The number of aromatic nitrogens is 1. The molecule has 5 nitrogen and oxygen atoms in total. The van der Waals surface area contributed by atoms with Crippen LogP contribution in [0.5, 0.6) is 0 Å². The Morgan fingerprint density at radius 3 is 2.86 bits per heavy atom. The fourth-order valence-corrected chi connectivity index (χ4v) is 1.24. The van der Waals surface area contributed by atoms with Crippen molar-refractivity contribution < 1.29 is 9.53 Å². The van der Waals surface area contributed by atoms with Gasteiger partial charge in [-0.2, -0.15) is 0 Å². The average Bonchev–Trinajstić information content (AvgIpc) is 2.44. The van der Waals surface area contributed by atoms with Gasteiger partial charge in [-0.25, -0.2) is 4.79 Å². The molecule has 1 aromatic heterocycles. The first-order valence-corrected chi connectivity index (χ1v) is 4.14. The minimum absolute atomic E-state index is 0.0580. The maximum atomic E-state index is 11.2. The van der Waals surface area contributed by atoms with Gasteiger partial charge in [-0.05, 0) is 18.6 Å². The number of amidine groups is 1. The van der Waals surface area contributed by atoms with E-state index in [4.69, 9.17) is 11.1 Å². The van der Waals surface area contributed by atoms with Crippen LogP contribution in [0, 0.1) is 12.3 Å². The highest BCUT2D eigenvalue weighted by Gasteiger charge is 2.12. The molecule has 0 spiro atoms. The molecule has 0 aromatic carbocycles. The van der Waals surface area contributed by atoms with Crippen LogP contribution in [0.3, 0.4) is 0 Å². The molecule has 76 valence electrons. The highest BCUT2D eigenvalue weighted by molar-refractivity contribution is 5.89. The van der Waals surface area contributed by atoms with Gasteiger partial charge in [0.1, 0.15) is 5.69 Å². The maximum Gasteiger partial charge on any atom is 0.354 e. The monoisotopic (exact) mass is 195 g/mol. The molecule has 0 saturated carbocycles. The number of carbonyl (C=O) groups is 1. The lowest BCUT2D eigenvalue weighted by atomic mass is 10.2. The Kier molecular flexibility index (Phi) is 2.91. The predicted molar refractivity (Wildman–Crippen MR) is 52.5 cm³/mol. The largest absolute Gasteiger partial charge is 0.464 e. The van der Waals surface area contributed by atoms with E-state index in [1.165, 1.54) is 7.11 Å². The number of methoxy groups -OCH3 is 1. The Labute approximate surface area is 81.8 Å². The van der Waals surface area contributed by atoms with Gasteiger partial charge in [0.15, 0.2) is 0 Å². The molecular formula is C9H13N3O2. The van der Waals surface area contributed by atoms with E-state index in [-0.39, 0.29) is 5.84 Å². The topological polar surface area (TPSA) is 92.0 Å². The van der Waals surface area contributed by atoms with Crippen LogP contribution < -0.4 is 5.73 Å². The summed E-state index contributed by atoms with van der Waals surface area (Å²) < 4.78 is 4.58. The standard InChI is InChI=1S/C9H13N3O2/c1-5-3-6(4-7(10)11)12-8(5)9(13)14-2/h3,12H,4H2,1-2H3,(H3,10,11). The Morgan fingerprint density at radius 2 is 2.36 bits per heavy atom. The lowest BCUT2D eigenvalue weighted by Crippen LogP contribution is -2.13. The first kappa shape index (κ1) is 10.3. The lowest BCUT2D eigenvalue weighted by Gasteiger charge is -1.96. The SMILES string of the molecule is COC(=O)c1[nH]c(CC(=N)N)cc1C. The molecule has 0 saturated heterocycles. The average molecular weight is 195 g/mol. The van der Waals surface area contributed by atoms with E-state index in [0.29, 0.717) is 12.1 Å². The minimum Gasteiger partial charge on any atom is -0.464 e. The molecule has 4 N–H and O–H groups in total. The normalized spacial score (nSPS) is 9.86. The van der Waals surface area contributed by atoms with Crippen molar-refractivity contribution in [3.05, 3.63) is 23.0 Å². The molecule has 0 aliphatic carbocycles. The van der Waals surface area contributed by atoms with E-state index < -0.39 is 5.97 Å². The Morgan fingerprint density at radius 1 is 1.71 bits per heavy atom. The molecule has 1 aromatic rings. The number of aromatic amines is 1. The molecule has 0 unspecified atom stereocenters. The second-order valence-electron chi connectivity index (χ2n) is 3.05. The van der Waals surface area contributed by atoms with Crippen molar-refractivity contribution in [2.75, 3.05) is 7.11 Å². The molecule has 0 atom stereocenters. The molecule has 0 bridgehead atoms. The highest BCUT2D eigenvalue weighted by atomic mass is 16.5. The number of hydrogen-bond acceptors (Lipinski definition) is 3. The molecule has 0 radical (unpaired) electrons. The summed E-state index contributed by atoms with van der Waals surface area (Å²) in [5.41, 5.74) is 7.20. The van der Waals surface area contributed by atoms with Crippen LogP contribution in [0.25, 0.3) is 0 Å². The van der Waals surface area contributed by atoms with Gasteiger partial charge < -0.3 is 15.5 Å². The zero-order valence-electron chi connectivity index (χ0n) is 8.18. The number of carbonyl (C=O) groups excluding carboxylic acids is 1. The number of H-pyrrole nitrogens is 1. The summed E-state index contributed by atoms with van der Waals surface area (Å²) in [4.78, 5) is 14.1. The Bertz CT molecular complexity index is 368. The molecular weight excluding hydrogens is 182 g/mol. The smallest absolute Gasteiger partial charge is 0.354 e. The molecule has 0 aliphatic heterocycles. The van der Waals surface area contributed by atoms with Crippen LogP contribution in [0.15, 0.2) is 6.07 Å². The van der Waals surface area contributed by atoms with Gasteiger partial charge in [0.25, 0.3) is 0 Å². The third kappa shape index (κ3) is 2.12. The summed E-state index contributed by atoms with van der Waals surface area (Å²) in [5, 5.41) is 7.11. The maximum absolute atomic E-state index is 11.2. The van der Waals surface area contributed by atoms with Crippen molar-refractivity contribution in [2.24, 2.45) is 5.73 Å². The van der Waals surface area contributed by atoms with Crippen molar-refractivity contribution in [2.45, 2.75) is 13.3 Å². The number of nitrogens with one attached hydrogen (secondary N) is 2. The summed E-state index contributed by atoms with van der Waals surface area (Å²) in [6.45, 7) is 1.80. The van der Waals surface area contributed by atoms with Gasteiger partial charge in [0.05, 0.1) is 12.9 Å². The van der Waals surface area contributed by atoms with Crippen molar-refractivity contribution in [1.29, 1.82) is 5.41 Å². The third-order valence-electron chi connectivity index (χ3n) is 1.84. The first-order valence-electron chi connectivity index (χ1n) is 4.14. The molecule has 1 heterocycles. The van der Waals surface area contributed by atoms with Crippen LogP contribution in [-0.2, 0) is 11.2 Å². The number of nitrogens with two attached hydrogens (primary N) is 1. The first-order chi connectivity index (χ1) is 6.54. The molecule has 0 aliphatic rings. The van der Waals surface area contributed by atoms with E-state index in [1.54, 1.807) is 13.0 Å². The van der Waals surface area contributed by atoms with E-state index in [2.05, 4.69) is 9.72 Å². The second-order valence-corrected chi connectivity index (χ2v) is 3.05. The fraction of sp³-hybridized carbons (Fsp3) is 0.333. The quantitative estimate of drug-likeness (QED) is 0.374. The molecule has 0 amide bonds. The molecule has 1 rings (SSSR count). The van der Waals surface area contributed by atoms with Crippen molar-refractivity contribution in [3.8, 4) is 0 Å². The fourth-order valence-electron chi connectivity index (χ4n) is 1.24. The van der Waals surface area contributed by atoms with Crippen LogP contribution in [0.2, 0.25) is 0 Å². The van der Waals surface area contributed by atoms with Crippen LogP contribution in [0.4, 0.5) is 0 Å². The van der Waals surface area contributed by atoms with E-state index in [9.17, 15) is 4.79 Å². The molecule has 14 heavy (non-hydrogen) atoms. The van der Waals surface area contributed by atoms with Gasteiger partial charge in [0, 0.05) is 12.1 Å². The summed E-state index contributed by atoms with van der Waals surface area (Å²) >= 11 is 0. The summed E-state index contributed by atoms with van der Waals surface area (Å²) in [6, 6.07) is 1.79. The van der Waals surface area contributed by atoms with Gasteiger partial charge in [0.2, 0.25) is 0 Å². The molecule has 5 heteroatoms. The van der Waals surface area contributed by atoms with Crippen molar-refractivity contribution in [1.82, 2.24) is 4.98 Å². The highest BCUT2D eigenvalue weighted by Crippen LogP contribution is 2.11. The number of hydrogen-bond donors (Lipinski definition) is 3. The second kappa shape index (κ2) is 3.95. The van der Waals surface area contributed by atoms with Crippen LogP contribution in [-0.4, -0.2) is 23.9 Å². The van der Waals surface area contributed by atoms with E-state index >= 15 is 0 Å². The van der Waals surface area contributed by atoms with Gasteiger partial charge in [-0.3, -0.25) is 5.41 Å². The summed E-state index contributed by atoms with van der Waals surface area (Å²) in [6.07, 6.45) is 0.317. The Hall–Kier alpha value is -1.78. The minimum atomic E-state index is -0.405. The summed E-state index contributed by atoms with van der Waals surface area (Å²) in [5.74, 6) is -0.347. The van der Waals surface area contributed by atoms with E-state index in [0.717, 1.165) is 11.3 Å². The number of rotatable bonds is 3. The number of ether oxygens (including phenoxy) is 1. The zero-order chi connectivity index (χ0) is 10.7.